The van der Waals surface area contributed by atoms with Gasteiger partial charge in [0, 0.05) is 25.9 Å². The number of amides is 1. The van der Waals surface area contributed by atoms with Crippen molar-refractivity contribution in [2.24, 2.45) is 0 Å². The Balaban J connectivity index is 1.47. The zero-order valence-corrected chi connectivity index (χ0v) is 14.7. The van der Waals surface area contributed by atoms with Crippen LogP contribution in [-0.4, -0.2) is 42.1 Å². The Morgan fingerprint density at radius 1 is 1.12 bits per heavy atom. The molecule has 3 rings (SSSR count). The minimum absolute atomic E-state index is 0.190. The van der Waals surface area contributed by atoms with E-state index in [9.17, 15) is 9.59 Å². The van der Waals surface area contributed by atoms with Crippen LogP contribution in [0, 0.1) is 0 Å². The summed E-state index contributed by atoms with van der Waals surface area (Å²) in [5, 5.41) is 0. The fourth-order valence-corrected chi connectivity index (χ4v) is 3.66. The average molecular weight is 345 g/mol. The van der Waals surface area contributed by atoms with Gasteiger partial charge >= 0.3 is 6.09 Å². The van der Waals surface area contributed by atoms with Gasteiger partial charge in [-0.3, -0.25) is 0 Å². The summed E-state index contributed by atoms with van der Waals surface area (Å²) >= 11 is 0. The van der Waals surface area contributed by atoms with Crippen molar-refractivity contribution in [3.63, 3.8) is 0 Å². The summed E-state index contributed by atoms with van der Waals surface area (Å²) in [4.78, 5) is 25.6. The summed E-state index contributed by atoms with van der Waals surface area (Å²) in [6, 6.07) is 9.63. The quantitative estimate of drug-likeness (QED) is 0.764. The first kappa shape index (κ1) is 17.9. The number of benzene rings is 1. The van der Waals surface area contributed by atoms with Gasteiger partial charge in [0.2, 0.25) is 0 Å². The number of carbonyl (C=O) groups excluding carboxylic acids is 2. The fraction of sp³-hybridized carbons (Fsp3) is 0.600. The van der Waals surface area contributed by atoms with Crippen molar-refractivity contribution >= 4 is 12.4 Å². The molecule has 136 valence electrons. The van der Waals surface area contributed by atoms with Crippen molar-refractivity contribution in [3.8, 4) is 0 Å². The van der Waals surface area contributed by atoms with Gasteiger partial charge < -0.3 is 19.2 Å². The van der Waals surface area contributed by atoms with E-state index in [1.807, 2.05) is 30.3 Å². The van der Waals surface area contributed by atoms with E-state index in [4.69, 9.17) is 9.47 Å². The van der Waals surface area contributed by atoms with E-state index in [0.29, 0.717) is 25.9 Å². The van der Waals surface area contributed by atoms with Crippen molar-refractivity contribution in [3.05, 3.63) is 35.9 Å². The first-order chi connectivity index (χ1) is 12.2. The second-order valence-corrected chi connectivity index (χ2v) is 7.09. The molecule has 1 aromatic rings. The van der Waals surface area contributed by atoms with E-state index >= 15 is 0 Å². The lowest BCUT2D eigenvalue weighted by atomic mass is 9.90. The van der Waals surface area contributed by atoms with Crippen LogP contribution in [0.2, 0.25) is 0 Å². The molecule has 0 unspecified atom stereocenters. The standard InChI is InChI=1S/C20H27NO4/c22-16-20(25-18-9-5-2-6-10-18)11-13-21(14-12-20)19(23)24-15-17-7-3-1-4-8-17/h1,3-4,7-8,16,18H,2,5-6,9-15H2. The molecule has 2 aliphatic rings. The molecule has 1 saturated heterocycles. The van der Waals surface area contributed by atoms with Crippen LogP contribution in [0.15, 0.2) is 30.3 Å². The lowest BCUT2D eigenvalue weighted by Gasteiger charge is -2.40. The van der Waals surface area contributed by atoms with Crippen LogP contribution in [0.25, 0.3) is 0 Å². The Labute approximate surface area is 149 Å². The van der Waals surface area contributed by atoms with Gasteiger partial charge in [0.1, 0.15) is 12.2 Å². The molecule has 0 N–H and O–H groups in total. The lowest BCUT2D eigenvalue weighted by Crippen LogP contribution is -2.50. The van der Waals surface area contributed by atoms with Gasteiger partial charge in [-0.1, -0.05) is 49.6 Å². The predicted octanol–water partition coefficient (Wildman–Crippen LogP) is 3.71. The van der Waals surface area contributed by atoms with Crippen LogP contribution in [0.5, 0.6) is 0 Å². The third-order valence-corrected chi connectivity index (χ3v) is 5.24. The number of carbonyl (C=O) groups is 2. The molecule has 1 saturated carbocycles. The number of ether oxygens (including phenoxy) is 2. The van der Waals surface area contributed by atoms with Crippen LogP contribution in [0.3, 0.4) is 0 Å². The van der Waals surface area contributed by atoms with Crippen molar-refractivity contribution in [1.29, 1.82) is 0 Å². The van der Waals surface area contributed by atoms with Crippen molar-refractivity contribution in [2.45, 2.75) is 63.3 Å². The Morgan fingerprint density at radius 3 is 2.44 bits per heavy atom. The first-order valence-corrected chi connectivity index (χ1v) is 9.31. The summed E-state index contributed by atoms with van der Waals surface area (Å²) in [6.07, 6.45) is 7.62. The fourth-order valence-electron chi connectivity index (χ4n) is 3.66. The highest BCUT2D eigenvalue weighted by Crippen LogP contribution is 2.31. The third-order valence-electron chi connectivity index (χ3n) is 5.24. The number of likely N-dealkylation sites (tertiary alicyclic amines) is 1. The molecule has 1 aliphatic heterocycles. The molecule has 1 aromatic carbocycles. The Hall–Kier alpha value is -1.88. The SMILES string of the molecule is O=CC1(OC2CCCCC2)CCN(C(=O)OCc2ccccc2)CC1. The highest BCUT2D eigenvalue weighted by atomic mass is 16.6. The van der Waals surface area contributed by atoms with Gasteiger partial charge in [-0.25, -0.2) is 4.79 Å². The molecule has 5 heteroatoms. The van der Waals surface area contributed by atoms with Gasteiger partial charge in [0.15, 0.2) is 6.29 Å². The molecule has 1 aliphatic carbocycles. The second-order valence-electron chi connectivity index (χ2n) is 7.09. The van der Waals surface area contributed by atoms with Gasteiger partial charge in [-0.05, 0) is 18.4 Å². The molecule has 25 heavy (non-hydrogen) atoms. The van der Waals surface area contributed by atoms with Crippen LogP contribution < -0.4 is 0 Å². The minimum Gasteiger partial charge on any atom is -0.445 e. The summed E-state index contributed by atoms with van der Waals surface area (Å²) in [5.74, 6) is 0. The van der Waals surface area contributed by atoms with Gasteiger partial charge in [-0.15, -0.1) is 0 Å². The smallest absolute Gasteiger partial charge is 0.410 e. The van der Waals surface area contributed by atoms with Gasteiger partial charge in [0.25, 0.3) is 0 Å². The molecule has 1 heterocycles. The van der Waals surface area contributed by atoms with Crippen molar-refractivity contribution in [1.82, 2.24) is 4.90 Å². The number of aldehydes is 1. The zero-order chi connectivity index (χ0) is 17.5. The number of rotatable bonds is 5. The lowest BCUT2D eigenvalue weighted by molar-refractivity contribution is -0.152. The summed E-state index contributed by atoms with van der Waals surface area (Å²) in [5.41, 5.74) is 0.244. The normalized spacial score (nSPS) is 20.9. The monoisotopic (exact) mass is 345 g/mol. The highest BCUT2D eigenvalue weighted by molar-refractivity contribution is 5.69. The van der Waals surface area contributed by atoms with Crippen molar-refractivity contribution in [2.75, 3.05) is 13.1 Å². The molecular formula is C20H27NO4. The van der Waals surface area contributed by atoms with E-state index in [1.165, 1.54) is 19.3 Å². The maximum Gasteiger partial charge on any atom is 0.410 e. The van der Waals surface area contributed by atoms with Crippen molar-refractivity contribution < 1.29 is 19.1 Å². The molecule has 0 atom stereocenters. The number of hydrogen-bond acceptors (Lipinski definition) is 4. The van der Waals surface area contributed by atoms with Crippen LogP contribution >= 0.6 is 0 Å². The third kappa shape index (κ3) is 4.82. The summed E-state index contributed by atoms with van der Waals surface area (Å²) in [6.45, 7) is 1.27. The van der Waals surface area contributed by atoms with Gasteiger partial charge in [-0.2, -0.15) is 0 Å². The molecule has 0 spiro atoms. The Kier molecular flexibility index (Phi) is 6.08. The van der Waals surface area contributed by atoms with Crippen LogP contribution in [0.1, 0.15) is 50.5 Å². The van der Waals surface area contributed by atoms with E-state index in [-0.39, 0.29) is 18.8 Å². The van der Waals surface area contributed by atoms with E-state index < -0.39 is 5.60 Å². The average Bonchev–Trinajstić information content (AvgIpc) is 2.68. The zero-order valence-electron chi connectivity index (χ0n) is 14.7. The molecule has 0 radical (unpaired) electrons. The molecule has 2 fully saturated rings. The van der Waals surface area contributed by atoms with E-state index in [1.54, 1.807) is 4.90 Å². The van der Waals surface area contributed by atoms with Crippen LogP contribution in [0.4, 0.5) is 4.79 Å². The van der Waals surface area contributed by atoms with Gasteiger partial charge in [0.05, 0.1) is 6.10 Å². The molecule has 1 amide bonds. The molecule has 5 nitrogen and oxygen atoms in total. The van der Waals surface area contributed by atoms with E-state index in [2.05, 4.69) is 0 Å². The topological polar surface area (TPSA) is 55.8 Å². The largest absolute Gasteiger partial charge is 0.445 e. The number of hydrogen-bond donors (Lipinski definition) is 0. The number of nitrogens with zero attached hydrogens (tertiary/aromatic N) is 1. The Bertz CT molecular complexity index is 560. The summed E-state index contributed by atoms with van der Waals surface area (Å²) < 4.78 is 11.6. The Morgan fingerprint density at radius 2 is 1.80 bits per heavy atom. The summed E-state index contributed by atoms with van der Waals surface area (Å²) in [7, 11) is 0. The predicted molar refractivity (Wildman–Crippen MR) is 94.2 cm³/mol. The molecular weight excluding hydrogens is 318 g/mol. The van der Waals surface area contributed by atoms with E-state index in [0.717, 1.165) is 24.7 Å². The maximum atomic E-state index is 12.2. The van der Waals surface area contributed by atoms with Crippen LogP contribution in [-0.2, 0) is 20.9 Å². The molecule has 0 aromatic heterocycles. The maximum absolute atomic E-state index is 12.2. The first-order valence-electron chi connectivity index (χ1n) is 9.31. The number of piperidine rings is 1. The molecule has 0 bridgehead atoms. The minimum atomic E-state index is -0.724. The highest BCUT2D eigenvalue weighted by Gasteiger charge is 2.39. The second kappa shape index (κ2) is 8.48.